The molecule has 0 spiro atoms. The van der Waals surface area contributed by atoms with Gasteiger partial charge in [-0.05, 0) is 11.6 Å². The Labute approximate surface area is 104 Å². The molecule has 0 bridgehead atoms. The second-order valence-corrected chi connectivity index (χ2v) is 4.06. The molecule has 2 N–H and O–H groups in total. The highest BCUT2D eigenvalue weighted by molar-refractivity contribution is 5.76. The van der Waals surface area contributed by atoms with Gasteiger partial charge in [0.2, 0.25) is 0 Å². The van der Waals surface area contributed by atoms with E-state index in [0.29, 0.717) is 30.1 Å². The summed E-state index contributed by atoms with van der Waals surface area (Å²) >= 11 is 0. The van der Waals surface area contributed by atoms with E-state index in [0.717, 1.165) is 11.1 Å². The van der Waals surface area contributed by atoms with Gasteiger partial charge < -0.3 is 10.2 Å². The van der Waals surface area contributed by atoms with E-state index in [-0.39, 0.29) is 0 Å². The number of pyridine rings is 1. The molecule has 0 saturated carbocycles. The van der Waals surface area contributed by atoms with Gasteiger partial charge in [0.05, 0.1) is 0 Å². The number of nitrogens with zero attached hydrogens (tertiary/aromatic N) is 2. The van der Waals surface area contributed by atoms with Crippen molar-refractivity contribution in [2.24, 2.45) is 5.73 Å². The van der Waals surface area contributed by atoms with Crippen molar-refractivity contribution < 1.29 is 4.42 Å². The van der Waals surface area contributed by atoms with Crippen molar-refractivity contribution >= 4 is 11.2 Å². The van der Waals surface area contributed by atoms with Crippen molar-refractivity contribution in [1.29, 1.82) is 0 Å². The molecule has 0 aliphatic heterocycles. The third-order valence-electron chi connectivity index (χ3n) is 2.76. The lowest BCUT2D eigenvalue weighted by Gasteiger charge is -1.99. The molecule has 3 aromatic rings. The first-order valence-electron chi connectivity index (χ1n) is 5.88. The van der Waals surface area contributed by atoms with Crippen molar-refractivity contribution in [2.75, 3.05) is 6.54 Å². The molecule has 4 heteroatoms. The minimum atomic E-state index is 0.526. The molecule has 0 radical (unpaired) electrons. The first-order valence-corrected chi connectivity index (χ1v) is 5.88. The first kappa shape index (κ1) is 10.9. The van der Waals surface area contributed by atoms with Crippen molar-refractivity contribution in [3.8, 4) is 11.1 Å². The number of fused-ring (bicyclic) bond motifs is 1. The van der Waals surface area contributed by atoms with Gasteiger partial charge in [-0.25, -0.2) is 4.98 Å². The van der Waals surface area contributed by atoms with E-state index >= 15 is 0 Å². The zero-order chi connectivity index (χ0) is 12.4. The lowest BCUT2D eigenvalue weighted by Crippen LogP contribution is -2.02. The lowest BCUT2D eigenvalue weighted by molar-refractivity contribution is 0.531. The number of nitrogens with two attached hydrogens (primary N) is 1. The highest BCUT2D eigenvalue weighted by Gasteiger charge is 2.07. The Kier molecular flexibility index (Phi) is 2.78. The Morgan fingerprint density at radius 3 is 2.72 bits per heavy atom. The number of hydrogen-bond donors (Lipinski definition) is 1. The standard InChI is InChI=1S/C14H13N3O/c15-7-6-13-17-14-12(18-13)8-11(9-16-14)10-4-2-1-3-5-10/h1-5,8-9H,6-7,15H2. The molecular formula is C14H13N3O. The fourth-order valence-corrected chi connectivity index (χ4v) is 1.88. The molecule has 0 atom stereocenters. The van der Waals surface area contributed by atoms with Crippen LogP contribution in [0.1, 0.15) is 5.89 Å². The van der Waals surface area contributed by atoms with E-state index in [4.69, 9.17) is 10.2 Å². The van der Waals surface area contributed by atoms with Crippen LogP contribution in [0.3, 0.4) is 0 Å². The summed E-state index contributed by atoms with van der Waals surface area (Å²) in [5, 5.41) is 0. The van der Waals surface area contributed by atoms with Crippen LogP contribution in [0.15, 0.2) is 47.0 Å². The van der Waals surface area contributed by atoms with E-state index in [9.17, 15) is 0 Å². The van der Waals surface area contributed by atoms with Gasteiger partial charge in [-0.3, -0.25) is 0 Å². The fourth-order valence-electron chi connectivity index (χ4n) is 1.88. The molecule has 2 aromatic heterocycles. The lowest BCUT2D eigenvalue weighted by atomic mass is 10.1. The number of benzene rings is 1. The monoisotopic (exact) mass is 239 g/mol. The molecule has 4 nitrogen and oxygen atoms in total. The Bertz CT molecular complexity index is 661. The summed E-state index contributed by atoms with van der Waals surface area (Å²) in [6, 6.07) is 12.0. The third kappa shape index (κ3) is 1.98. The molecule has 90 valence electrons. The summed E-state index contributed by atoms with van der Waals surface area (Å²) in [4.78, 5) is 8.59. The summed E-state index contributed by atoms with van der Waals surface area (Å²) < 4.78 is 5.62. The molecule has 0 aliphatic carbocycles. The smallest absolute Gasteiger partial charge is 0.198 e. The number of aromatic nitrogens is 2. The molecule has 0 amide bonds. The van der Waals surface area contributed by atoms with Crippen LogP contribution in [0.4, 0.5) is 0 Å². The summed E-state index contributed by atoms with van der Waals surface area (Å²) in [6.07, 6.45) is 2.45. The normalized spacial score (nSPS) is 10.9. The van der Waals surface area contributed by atoms with Gasteiger partial charge in [0, 0.05) is 24.7 Å². The van der Waals surface area contributed by atoms with E-state index in [2.05, 4.69) is 9.97 Å². The minimum absolute atomic E-state index is 0.526. The van der Waals surface area contributed by atoms with Crippen LogP contribution in [0.25, 0.3) is 22.4 Å². The van der Waals surface area contributed by atoms with Gasteiger partial charge in [0.1, 0.15) is 0 Å². The molecule has 18 heavy (non-hydrogen) atoms. The van der Waals surface area contributed by atoms with Crippen LogP contribution in [0.2, 0.25) is 0 Å². The average molecular weight is 239 g/mol. The summed E-state index contributed by atoms with van der Waals surface area (Å²) in [6.45, 7) is 0.526. The quantitative estimate of drug-likeness (QED) is 0.762. The SMILES string of the molecule is NCCc1nc2ncc(-c3ccccc3)cc2o1. The van der Waals surface area contributed by atoms with E-state index in [1.54, 1.807) is 0 Å². The number of oxazole rings is 1. The summed E-state index contributed by atoms with van der Waals surface area (Å²) in [7, 11) is 0. The Hall–Kier alpha value is -2.20. The van der Waals surface area contributed by atoms with Crippen LogP contribution in [0.5, 0.6) is 0 Å². The molecule has 3 rings (SSSR count). The summed E-state index contributed by atoms with van der Waals surface area (Å²) in [5.74, 6) is 0.644. The van der Waals surface area contributed by atoms with Crippen molar-refractivity contribution in [3.63, 3.8) is 0 Å². The van der Waals surface area contributed by atoms with Crippen LogP contribution in [-0.2, 0) is 6.42 Å². The summed E-state index contributed by atoms with van der Waals surface area (Å²) in [5.41, 5.74) is 8.97. The van der Waals surface area contributed by atoms with Crippen molar-refractivity contribution in [3.05, 3.63) is 48.5 Å². The van der Waals surface area contributed by atoms with Gasteiger partial charge in [0.25, 0.3) is 0 Å². The molecule has 2 heterocycles. The Balaban J connectivity index is 2.05. The average Bonchev–Trinajstić information content (AvgIpc) is 2.81. The van der Waals surface area contributed by atoms with E-state index < -0.39 is 0 Å². The van der Waals surface area contributed by atoms with Crippen LogP contribution < -0.4 is 5.73 Å². The fraction of sp³-hybridized carbons (Fsp3) is 0.143. The van der Waals surface area contributed by atoms with Crippen LogP contribution in [-0.4, -0.2) is 16.5 Å². The van der Waals surface area contributed by atoms with E-state index in [1.807, 2.05) is 42.6 Å². The molecule has 0 fully saturated rings. The molecular weight excluding hydrogens is 226 g/mol. The minimum Gasteiger partial charge on any atom is -0.439 e. The molecule has 1 aromatic carbocycles. The maximum Gasteiger partial charge on any atom is 0.198 e. The van der Waals surface area contributed by atoms with Crippen LogP contribution >= 0.6 is 0 Å². The third-order valence-corrected chi connectivity index (χ3v) is 2.76. The maximum atomic E-state index is 5.62. The highest BCUT2D eigenvalue weighted by Crippen LogP contribution is 2.22. The van der Waals surface area contributed by atoms with Gasteiger partial charge in [-0.2, -0.15) is 4.98 Å². The Morgan fingerprint density at radius 1 is 1.11 bits per heavy atom. The van der Waals surface area contributed by atoms with Crippen molar-refractivity contribution in [1.82, 2.24) is 9.97 Å². The van der Waals surface area contributed by atoms with Gasteiger partial charge in [-0.1, -0.05) is 30.3 Å². The topological polar surface area (TPSA) is 64.9 Å². The van der Waals surface area contributed by atoms with Crippen LogP contribution in [0, 0.1) is 0 Å². The second-order valence-electron chi connectivity index (χ2n) is 4.06. The Morgan fingerprint density at radius 2 is 1.94 bits per heavy atom. The van der Waals surface area contributed by atoms with E-state index in [1.165, 1.54) is 0 Å². The second kappa shape index (κ2) is 4.58. The van der Waals surface area contributed by atoms with Gasteiger partial charge >= 0.3 is 0 Å². The number of rotatable bonds is 3. The van der Waals surface area contributed by atoms with Crippen molar-refractivity contribution in [2.45, 2.75) is 6.42 Å². The maximum absolute atomic E-state index is 5.62. The predicted molar refractivity (Wildman–Crippen MR) is 70.0 cm³/mol. The molecule has 0 saturated heterocycles. The first-order chi connectivity index (χ1) is 8.86. The predicted octanol–water partition coefficient (Wildman–Crippen LogP) is 2.39. The molecule has 0 aliphatic rings. The highest BCUT2D eigenvalue weighted by atomic mass is 16.3. The van der Waals surface area contributed by atoms with Gasteiger partial charge in [0.15, 0.2) is 17.1 Å². The largest absolute Gasteiger partial charge is 0.439 e. The zero-order valence-corrected chi connectivity index (χ0v) is 9.84. The number of hydrogen-bond acceptors (Lipinski definition) is 4. The van der Waals surface area contributed by atoms with Gasteiger partial charge in [-0.15, -0.1) is 0 Å². The molecule has 0 unspecified atom stereocenters. The zero-order valence-electron chi connectivity index (χ0n) is 9.84.